The smallest absolute Gasteiger partial charge is 1.00 e. The van der Waals surface area contributed by atoms with E-state index in [1.54, 1.807) is 0 Å². The van der Waals surface area contributed by atoms with Gasteiger partial charge in [0.05, 0.1) is 0 Å². The summed E-state index contributed by atoms with van der Waals surface area (Å²) in [5, 5.41) is 2.52. The Bertz CT molecular complexity index is 585. The molecule has 1 aliphatic heterocycles. The number of nitrogens with one attached hydrogen (secondary N) is 1. The van der Waals surface area contributed by atoms with Crippen LogP contribution in [0, 0.1) is 6.20 Å². The first-order chi connectivity index (χ1) is 6.84. The molecule has 0 saturated carbocycles. The number of hydrogen-bond acceptors (Lipinski definition) is 0. The summed E-state index contributed by atoms with van der Waals surface area (Å²) in [7, 11) is 0. The minimum absolute atomic E-state index is 0. The summed E-state index contributed by atoms with van der Waals surface area (Å²) in [6.45, 7) is 0. The van der Waals surface area contributed by atoms with Crippen molar-refractivity contribution in [3.05, 3.63) is 47.2 Å². The Morgan fingerprint density at radius 1 is 1.00 bits per heavy atom. The van der Waals surface area contributed by atoms with Crippen LogP contribution in [0.4, 0.5) is 0 Å². The van der Waals surface area contributed by atoms with E-state index in [9.17, 15) is 0 Å². The third-order valence-electron chi connectivity index (χ3n) is 2.42. The molecule has 0 unspecified atom stereocenters. The first-order valence-electron chi connectivity index (χ1n) is 4.42. The van der Waals surface area contributed by atoms with Crippen LogP contribution in [0.25, 0.3) is 21.9 Å². The number of rotatable bonds is 0. The van der Waals surface area contributed by atoms with Crippen molar-refractivity contribution in [2.45, 2.75) is 0 Å². The molecule has 6 heteroatoms. The molecule has 3 rings (SSSR count). The van der Waals surface area contributed by atoms with Crippen LogP contribution >= 0.6 is 15.9 Å². The van der Waals surface area contributed by atoms with Crippen LogP contribution in [0.2, 0.25) is 0 Å². The predicted molar refractivity (Wildman–Crippen MR) is 61.5 cm³/mol. The zero-order valence-corrected chi connectivity index (χ0v) is 15.3. The van der Waals surface area contributed by atoms with Crippen LogP contribution in [0.3, 0.4) is 0 Å². The molecule has 0 spiro atoms. The third kappa shape index (κ3) is 3.74. The molecule has 1 aliphatic carbocycles. The molecule has 1 nitrogen and oxygen atoms in total. The van der Waals surface area contributed by atoms with Crippen LogP contribution in [0.1, 0.15) is 0 Å². The van der Waals surface area contributed by atoms with E-state index in [-0.39, 0.29) is 63.4 Å². The van der Waals surface area contributed by atoms with E-state index in [0.29, 0.717) is 0 Å². The van der Waals surface area contributed by atoms with Crippen LogP contribution in [0.5, 0.6) is 0 Å². The molecule has 0 fully saturated rings. The number of benzene rings is 1. The molecule has 92 valence electrons. The van der Waals surface area contributed by atoms with Gasteiger partial charge in [0.25, 0.3) is 0 Å². The number of H-pyrrole nitrogens is 1. The molecule has 0 saturated heterocycles. The fourth-order valence-corrected chi connectivity index (χ4v) is 2.14. The van der Waals surface area contributed by atoms with Gasteiger partial charge in [-0.25, -0.2) is 0 Å². The Morgan fingerprint density at radius 3 is 2.39 bits per heavy atom. The maximum Gasteiger partial charge on any atom is 4.00 e. The molecule has 0 aromatic heterocycles. The van der Waals surface area contributed by atoms with Gasteiger partial charge in [-0.1, -0.05) is 63.2 Å². The van der Waals surface area contributed by atoms with E-state index >= 15 is 0 Å². The van der Waals surface area contributed by atoms with Crippen LogP contribution in [-0.2, 0) is 26.2 Å². The van der Waals surface area contributed by atoms with E-state index in [1.807, 2.05) is 0 Å². The molecular formula is C12H7BrCl3NZr. The molecule has 1 heterocycles. The summed E-state index contributed by atoms with van der Waals surface area (Å²) in [5.41, 5.74) is 2.38. The summed E-state index contributed by atoms with van der Waals surface area (Å²) in [6, 6.07) is 12.6. The largest absolute Gasteiger partial charge is 4.00 e. The van der Waals surface area contributed by atoms with Gasteiger partial charge in [-0.15, -0.1) is 17.2 Å². The fraction of sp³-hybridized carbons (Fsp3) is 0. The van der Waals surface area contributed by atoms with E-state index in [2.05, 4.69) is 63.5 Å². The fourth-order valence-electron chi connectivity index (χ4n) is 1.79. The maximum atomic E-state index is 3.40. The van der Waals surface area contributed by atoms with Crippen molar-refractivity contribution in [3.8, 4) is 11.1 Å². The molecule has 0 radical (unpaired) electrons. The normalized spacial score (nSPS) is 8.72. The standard InChI is InChI=1S/C12H7BrN.3ClH.Zr/c13-12-6-9-5-8-3-1-2-4-10(8)11(9)7-14-12;;;;/h1-6,14H;3*1H;/q-1;;;;+4/p-3. The van der Waals surface area contributed by atoms with Crippen molar-refractivity contribution < 1.29 is 63.4 Å². The van der Waals surface area contributed by atoms with E-state index in [4.69, 9.17) is 0 Å². The quantitative estimate of drug-likeness (QED) is 0.265. The summed E-state index contributed by atoms with van der Waals surface area (Å²) in [6.07, 6.45) is 3.17. The van der Waals surface area contributed by atoms with Gasteiger partial charge in [0.1, 0.15) is 0 Å². The average molecular weight is 443 g/mol. The molecular weight excluding hydrogens is 436 g/mol. The molecule has 0 amide bonds. The van der Waals surface area contributed by atoms with Crippen molar-refractivity contribution in [1.29, 1.82) is 0 Å². The second kappa shape index (κ2) is 8.61. The van der Waals surface area contributed by atoms with Crippen molar-refractivity contribution in [1.82, 2.24) is 4.98 Å². The monoisotopic (exact) mass is 439 g/mol. The zero-order chi connectivity index (χ0) is 9.54. The van der Waals surface area contributed by atoms with Crippen LogP contribution in [0.15, 0.2) is 41.0 Å². The molecule has 1 aromatic rings. The summed E-state index contributed by atoms with van der Waals surface area (Å²) in [5.74, 6) is 0. The van der Waals surface area contributed by atoms with Crippen LogP contribution < -0.4 is 37.2 Å². The van der Waals surface area contributed by atoms with Crippen molar-refractivity contribution >= 4 is 26.7 Å². The average Bonchev–Trinajstić information content (AvgIpc) is 2.54. The molecule has 0 bridgehead atoms. The number of halogens is 4. The first-order valence-corrected chi connectivity index (χ1v) is 5.21. The number of pyridine rings is 1. The summed E-state index contributed by atoms with van der Waals surface area (Å²) < 4.78 is 0.959. The Hall–Kier alpha value is 0.473. The summed E-state index contributed by atoms with van der Waals surface area (Å²) in [4.78, 5) is 3.04. The second-order valence-corrected chi connectivity index (χ2v) is 4.16. The Kier molecular flexibility index (Phi) is 9.94. The SMILES string of the molecule is Brc1cc2cc3ccccc3c-2[c-][nH]1.[Cl-].[Cl-].[Cl-].[Zr+4]. The van der Waals surface area contributed by atoms with E-state index < -0.39 is 0 Å². The minimum atomic E-state index is 0. The van der Waals surface area contributed by atoms with Gasteiger partial charge in [-0.2, -0.15) is 0 Å². The number of aromatic nitrogens is 1. The topological polar surface area (TPSA) is 15.8 Å². The number of hydrogen-bond donors (Lipinski definition) is 1. The molecule has 1 aromatic carbocycles. The molecule has 18 heavy (non-hydrogen) atoms. The Morgan fingerprint density at radius 2 is 1.67 bits per heavy atom. The van der Waals surface area contributed by atoms with Gasteiger partial charge in [0.15, 0.2) is 0 Å². The number of fused-ring (bicyclic) bond motifs is 3. The summed E-state index contributed by atoms with van der Waals surface area (Å²) >= 11 is 3.40. The second-order valence-electron chi connectivity index (χ2n) is 3.30. The van der Waals surface area contributed by atoms with Gasteiger partial charge >= 0.3 is 26.2 Å². The molecule has 2 aliphatic rings. The van der Waals surface area contributed by atoms with Crippen LogP contribution in [-0.4, -0.2) is 4.98 Å². The third-order valence-corrected chi connectivity index (χ3v) is 2.85. The van der Waals surface area contributed by atoms with Crippen molar-refractivity contribution in [3.63, 3.8) is 0 Å². The van der Waals surface area contributed by atoms with Gasteiger partial charge in [0.2, 0.25) is 0 Å². The Balaban J connectivity index is 0. The van der Waals surface area contributed by atoms with Gasteiger partial charge in [-0.3, -0.25) is 0 Å². The molecule has 1 N–H and O–H groups in total. The van der Waals surface area contributed by atoms with Gasteiger partial charge < -0.3 is 42.2 Å². The van der Waals surface area contributed by atoms with E-state index in [1.165, 1.54) is 16.3 Å². The number of aromatic amines is 1. The molecule has 0 atom stereocenters. The van der Waals surface area contributed by atoms with Gasteiger partial charge in [0, 0.05) is 4.60 Å². The Labute approximate surface area is 152 Å². The maximum absolute atomic E-state index is 3.40. The van der Waals surface area contributed by atoms with Crippen molar-refractivity contribution in [2.75, 3.05) is 0 Å². The van der Waals surface area contributed by atoms with Gasteiger partial charge in [-0.05, 0) is 0 Å². The minimum Gasteiger partial charge on any atom is -1.00 e. The zero-order valence-electron chi connectivity index (χ0n) is 8.98. The first kappa shape index (κ1) is 20.8. The van der Waals surface area contributed by atoms with E-state index in [0.717, 1.165) is 10.2 Å². The predicted octanol–water partition coefficient (Wildman–Crippen LogP) is -5.16. The van der Waals surface area contributed by atoms with Crippen molar-refractivity contribution in [2.24, 2.45) is 0 Å².